The van der Waals surface area contributed by atoms with Crippen LogP contribution < -0.4 is 5.73 Å². The third kappa shape index (κ3) is 3.53. The number of nitrogens with zero attached hydrogens (tertiary/aromatic N) is 2. The largest absolute Gasteiger partial charge is 0.328 e. The number of hydrogen-bond acceptors (Lipinski definition) is 3. The molecule has 0 aliphatic carbocycles. The number of piperidine rings is 2. The Labute approximate surface area is 123 Å². The highest BCUT2D eigenvalue weighted by molar-refractivity contribution is 7.86. The van der Waals surface area contributed by atoms with Crippen LogP contribution in [0, 0.1) is 17.8 Å². The number of rotatable bonds is 3. The Morgan fingerprint density at radius 3 is 2.00 bits per heavy atom. The molecule has 0 aromatic rings. The van der Waals surface area contributed by atoms with E-state index in [-0.39, 0.29) is 6.04 Å². The highest BCUT2D eigenvalue weighted by Crippen LogP contribution is 2.27. The van der Waals surface area contributed by atoms with Crippen molar-refractivity contribution in [3.63, 3.8) is 0 Å². The summed E-state index contributed by atoms with van der Waals surface area (Å²) in [4.78, 5) is 0. The van der Waals surface area contributed by atoms with Crippen LogP contribution in [0.2, 0.25) is 0 Å². The predicted octanol–water partition coefficient (Wildman–Crippen LogP) is 1.27. The van der Waals surface area contributed by atoms with Crippen molar-refractivity contribution in [2.75, 3.05) is 26.2 Å². The molecule has 2 fully saturated rings. The molecule has 2 N–H and O–H groups in total. The minimum Gasteiger partial charge on any atom is -0.328 e. The maximum atomic E-state index is 12.7. The Kier molecular flexibility index (Phi) is 5.10. The molecule has 2 aliphatic heterocycles. The van der Waals surface area contributed by atoms with Crippen molar-refractivity contribution in [2.24, 2.45) is 23.5 Å². The van der Waals surface area contributed by atoms with Gasteiger partial charge in [0, 0.05) is 32.2 Å². The molecule has 0 aromatic heterocycles. The van der Waals surface area contributed by atoms with Crippen molar-refractivity contribution in [3.05, 3.63) is 0 Å². The van der Waals surface area contributed by atoms with Gasteiger partial charge in [-0.25, -0.2) is 0 Å². The Balaban J connectivity index is 2.00. The standard InChI is InChI=1S/C14H29N3O2S/c1-11-8-12(2)10-17(9-11)20(18,19)16-6-4-14(5-7-16)13(3)15/h11-14H,4-10,15H2,1-3H3. The molecule has 2 aliphatic rings. The Morgan fingerprint density at radius 2 is 1.55 bits per heavy atom. The highest BCUT2D eigenvalue weighted by Gasteiger charge is 2.36. The Bertz CT molecular complexity index is 406. The van der Waals surface area contributed by atoms with E-state index < -0.39 is 10.2 Å². The quantitative estimate of drug-likeness (QED) is 0.854. The monoisotopic (exact) mass is 303 g/mol. The minimum atomic E-state index is -3.27. The maximum Gasteiger partial charge on any atom is 0.281 e. The fraction of sp³-hybridized carbons (Fsp3) is 1.00. The molecule has 0 radical (unpaired) electrons. The fourth-order valence-corrected chi connectivity index (χ4v) is 5.47. The molecule has 118 valence electrons. The zero-order valence-electron chi connectivity index (χ0n) is 13.0. The summed E-state index contributed by atoms with van der Waals surface area (Å²) in [6, 6.07) is 0.162. The van der Waals surface area contributed by atoms with Crippen LogP contribution in [0.15, 0.2) is 0 Å². The van der Waals surface area contributed by atoms with Crippen LogP contribution in [0.5, 0.6) is 0 Å². The fourth-order valence-electron chi connectivity index (χ4n) is 3.59. The molecule has 0 aromatic carbocycles. The van der Waals surface area contributed by atoms with Crippen LogP contribution >= 0.6 is 0 Å². The van der Waals surface area contributed by atoms with E-state index in [1.165, 1.54) is 0 Å². The van der Waals surface area contributed by atoms with Gasteiger partial charge in [-0.05, 0) is 43.9 Å². The zero-order chi connectivity index (χ0) is 14.9. The molecule has 2 saturated heterocycles. The van der Waals surface area contributed by atoms with E-state index >= 15 is 0 Å². The summed E-state index contributed by atoms with van der Waals surface area (Å²) in [6.07, 6.45) is 2.89. The smallest absolute Gasteiger partial charge is 0.281 e. The van der Waals surface area contributed by atoms with Gasteiger partial charge in [-0.15, -0.1) is 0 Å². The molecule has 0 spiro atoms. The predicted molar refractivity (Wildman–Crippen MR) is 81.4 cm³/mol. The molecule has 0 bridgehead atoms. The van der Waals surface area contributed by atoms with Gasteiger partial charge in [0.05, 0.1) is 0 Å². The van der Waals surface area contributed by atoms with E-state index in [4.69, 9.17) is 5.73 Å². The van der Waals surface area contributed by atoms with Gasteiger partial charge in [0.2, 0.25) is 0 Å². The highest BCUT2D eigenvalue weighted by atomic mass is 32.2. The molecule has 5 nitrogen and oxygen atoms in total. The molecule has 2 heterocycles. The van der Waals surface area contributed by atoms with Crippen LogP contribution in [-0.4, -0.2) is 49.2 Å². The molecule has 20 heavy (non-hydrogen) atoms. The van der Waals surface area contributed by atoms with Crippen molar-refractivity contribution in [2.45, 2.75) is 46.1 Å². The molecule has 0 saturated carbocycles. The lowest BCUT2D eigenvalue weighted by Gasteiger charge is -2.39. The van der Waals surface area contributed by atoms with Gasteiger partial charge in [0.25, 0.3) is 10.2 Å². The van der Waals surface area contributed by atoms with E-state index in [1.807, 2.05) is 6.92 Å². The van der Waals surface area contributed by atoms with Crippen LogP contribution in [0.25, 0.3) is 0 Å². The Hall–Kier alpha value is -0.170. The first-order valence-electron chi connectivity index (χ1n) is 7.81. The zero-order valence-corrected chi connectivity index (χ0v) is 13.8. The summed E-state index contributed by atoms with van der Waals surface area (Å²) in [6.45, 7) is 8.87. The van der Waals surface area contributed by atoms with Gasteiger partial charge < -0.3 is 5.73 Å². The topological polar surface area (TPSA) is 66.6 Å². The summed E-state index contributed by atoms with van der Waals surface area (Å²) >= 11 is 0. The van der Waals surface area contributed by atoms with Crippen molar-refractivity contribution >= 4 is 10.2 Å². The molecular formula is C14H29N3O2S. The normalized spacial score (nSPS) is 33.2. The van der Waals surface area contributed by atoms with Gasteiger partial charge >= 0.3 is 0 Å². The van der Waals surface area contributed by atoms with Gasteiger partial charge in [-0.1, -0.05) is 13.8 Å². The second-order valence-corrected chi connectivity index (χ2v) is 8.79. The molecule has 6 heteroatoms. The van der Waals surface area contributed by atoms with Crippen molar-refractivity contribution in [1.82, 2.24) is 8.61 Å². The van der Waals surface area contributed by atoms with Crippen LogP contribution in [0.3, 0.4) is 0 Å². The molecular weight excluding hydrogens is 274 g/mol. The lowest BCUT2D eigenvalue weighted by Crippen LogP contribution is -2.52. The lowest BCUT2D eigenvalue weighted by molar-refractivity contribution is 0.192. The second-order valence-electron chi connectivity index (χ2n) is 6.87. The average Bonchev–Trinajstić information content (AvgIpc) is 2.37. The van der Waals surface area contributed by atoms with Crippen LogP contribution in [0.1, 0.15) is 40.0 Å². The van der Waals surface area contributed by atoms with Crippen molar-refractivity contribution in [3.8, 4) is 0 Å². The van der Waals surface area contributed by atoms with Crippen molar-refractivity contribution in [1.29, 1.82) is 0 Å². The van der Waals surface area contributed by atoms with Gasteiger partial charge in [0.1, 0.15) is 0 Å². The first-order chi connectivity index (χ1) is 9.30. The van der Waals surface area contributed by atoms with Crippen LogP contribution in [0.4, 0.5) is 0 Å². The van der Waals surface area contributed by atoms with E-state index in [1.54, 1.807) is 8.61 Å². The first kappa shape index (κ1) is 16.2. The number of nitrogens with two attached hydrogens (primary N) is 1. The van der Waals surface area contributed by atoms with Crippen molar-refractivity contribution < 1.29 is 8.42 Å². The minimum absolute atomic E-state index is 0.162. The van der Waals surface area contributed by atoms with Gasteiger partial charge in [-0.3, -0.25) is 0 Å². The average molecular weight is 303 g/mol. The molecule has 3 unspecified atom stereocenters. The van der Waals surface area contributed by atoms with E-state index in [0.29, 0.717) is 43.9 Å². The summed E-state index contributed by atoms with van der Waals surface area (Å²) < 4.78 is 28.8. The lowest BCUT2D eigenvalue weighted by atomic mass is 9.92. The summed E-state index contributed by atoms with van der Waals surface area (Å²) in [5.74, 6) is 1.37. The first-order valence-corrected chi connectivity index (χ1v) is 9.21. The van der Waals surface area contributed by atoms with E-state index in [9.17, 15) is 8.42 Å². The van der Waals surface area contributed by atoms with Crippen LogP contribution in [-0.2, 0) is 10.2 Å². The van der Waals surface area contributed by atoms with Gasteiger partial charge in [0.15, 0.2) is 0 Å². The third-order valence-electron chi connectivity index (χ3n) is 4.73. The molecule has 2 rings (SSSR count). The maximum absolute atomic E-state index is 12.7. The molecule has 3 atom stereocenters. The summed E-state index contributed by atoms with van der Waals surface area (Å²) in [7, 11) is -3.27. The number of hydrogen-bond donors (Lipinski definition) is 1. The summed E-state index contributed by atoms with van der Waals surface area (Å²) in [5.41, 5.74) is 5.92. The Morgan fingerprint density at radius 1 is 1.05 bits per heavy atom. The van der Waals surface area contributed by atoms with Gasteiger partial charge in [-0.2, -0.15) is 17.0 Å². The van der Waals surface area contributed by atoms with E-state index in [0.717, 1.165) is 19.3 Å². The SMILES string of the molecule is CC1CC(C)CN(S(=O)(=O)N2CCC(C(C)N)CC2)C1. The third-order valence-corrected chi connectivity index (χ3v) is 6.70. The second kappa shape index (κ2) is 6.30. The molecule has 0 amide bonds. The summed E-state index contributed by atoms with van der Waals surface area (Å²) in [5, 5.41) is 0. The van der Waals surface area contributed by atoms with E-state index in [2.05, 4.69) is 13.8 Å².